The van der Waals surface area contributed by atoms with Crippen LogP contribution in [0.1, 0.15) is 56.6 Å². The van der Waals surface area contributed by atoms with Gasteiger partial charge in [0, 0.05) is 29.8 Å². The number of ether oxygens (including phenoxy) is 1. The number of hydrogen-bond acceptors (Lipinski definition) is 6. The van der Waals surface area contributed by atoms with E-state index in [2.05, 4.69) is 21.6 Å². The molecule has 6 nitrogen and oxygen atoms in total. The van der Waals surface area contributed by atoms with Crippen LogP contribution in [0.5, 0.6) is 5.75 Å². The van der Waals surface area contributed by atoms with E-state index >= 15 is 0 Å². The molecule has 0 unspecified atom stereocenters. The lowest BCUT2D eigenvalue weighted by Crippen LogP contribution is -2.42. The van der Waals surface area contributed by atoms with Crippen LogP contribution in [0.4, 0.5) is 0 Å². The fourth-order valence-corrected chi connectivity index (χ4v) is 6.16. The average Bonchev–Trinajstić information content (AvgIpc) is 3.64. The number of methoxy groups -OCH3 is 1. The first-order chi connectivity index (χ1) is 16.0. The van der Waals surface area contributed by atoms with Crippen molar-refractivity contribution in [2.75, 3.05) is 32.5 Å². The monoisotopic (exact) mass is 472 g/mol. The smallest absolute Gasteiger partial charge is 0.303 e. The number of carboxylic acid groups (broad SMARTS) is 1. The number of carbonyl (C=O) groups is 1. The average molecular weight is 473 g/mol. The van der Waals surface area contributed by atoms with Crippen molar-refractivity contribution in [1.82, 2.24) is 9.88 Å². The number of rotatable bonds is 12. The highest BCUT2D eigenvalue weighted by atomic mass is 32.2. The lowest BCUT2D eigenvalue weighted by molar-refractivity contribution is -0.139. The van der Waals surface area contributed by atoms with E-state index in [0.29, 0.717) is 12.3 Å². The summed E-state index contributed by atoms with van der Waals surface area (Å²) in [6.07, 6.45) is 7.74. The van der Waals surface area contributed by atoms with Gasteiger partial charge in [0.05, 0.1) is 18.7 Å². The molecular weight excluding hydrogens is 436 g/mol. The van der Waals surface area contributed by atoms with Gasteiger partial charge in [0.2, 0.25) is 0 Å². The molecule has 2 heterocycles. The Bertz CT molecular complexity index is 936. The quantitative estimate of drug-likeness (QED) is 0.431. The molecule has 0 spiro atoms. The number of hydrogen-bond donors (Lipinski definition) is 2. The number of aliphatic hydroxyl groups excluding tert-OH is 1. The lowest BCUT2D eigenvalue weighted by Gasteiger charge is -2.38. The van der Waals surface area contributed by atoms with Gasteiger partial charge >= 0.3 is 5.97 Å². The number of thioether (sulfide) groups is 1. The second-order valence-corrected chi connectivity index (χ2v) is 10.9. The van der Waals surface area contributed by atoms with Gasteiger partial charge in [0.1, 0.15) is 5.75 Å². The maximum Gasteiger partial charge on any atom is 0.303 e. The maximum absolute atomic E-state index is 11.5. The summed E-state index contributed by atoms with van der Waals surface area (Å²) in [5.74, 6) is 1.71. The van der Waals surface area contributed by atoms with Crippen molar-refractivity contribution >= 4 is 28.6 Å². The maximum atomic E-state index is 11.5. The fraction of sp³-hybridized carbons (Fsp3) is 0.615. The molecule has 33 heavy (non-hydrogen) atoms. The predicted molar refractivity (Wildman–Crippen MR) is 133 cm³/mol. The van der Waals surface area contributed by atoms with E-state index in [9.17, 15) is 15.0 Å². The number of carboxylic acids is 1. The summed E-state index contributed by atoms with van der Waals surface area (Å²) in [6, 6.07) is 7.59. The molecular formula is C26H36N2O4S. The number of fused-ring (bicyclic) bond motifs is 1. The summed E-state index contributed by atoms with van der Waals surface area (Å²) in [4.78, 5) is 18.4. The Balaban J connectivity index is 1.34. The molecule has 2 fully saturated rings. The topological polar surface area (TPSA) is 82.9 Å². The Morgan fingerprint density at radius 3 is 2.88 bits per heavy atom. The van der Waals surface area contributed by atoms with Crippen LogP contribution >= 0.6 is 11.8 Å². The van der Waals surface area contributed by atoms with Gasteiger partial charge in [-0.1, -0.05) is 0 Å². The third-order valence-corrected chi connectivity index (χ3v) is 8.53. The molecule has 2 aliphatic rings. The summed E-state index contributed by atoms with van der Waals surface area (Å²) in [6.45, 7) is 2.95. The van der Waals surface area contributed by atoms with Gasteiger partial charge in [0.25, 0.3) is 0 Å². The SMILES string of the molecule is COc1ccc2nccc([C@@H](O)CC[C@@H]3CCN(CCCSC4CC4)C[C@@H]3CC(=O)O)c2c1. The minimum absolute atomic E-state index is 0.147. The highest BCUT2D eigenvalue weighted by molar-refractivity contribution is 8.00. The van der Waals surface area contributed by atoms with E-state index in [1.807, 2.05) is 24.3 Å². The largest absolute Gasteiger partial charge is 0.497 e. The van der Waals surface area contributed by atoms with Gasteiger partial charge < -0.3 is 19.8 Å². The van der Waals surface area contributed by atoms with Crippen LogP contribution in [0.3, 0.4) is 0 Å². The number of benzene rings is 1. The number of aliphatic hydroxyl groups is 1. The molecule has 1 aromatic carbocycles. The van der Waals surface area contributed by atoms with Crippen LogP contribution in [0.2, 0.25) is 0 Å². The predicted octanol–water partition coefficient (Wildman–Crippen LogP) is 4.76. The van der Waals surface area contributed by atoms with Crippen molar-refractivity contribution in [3.63, 3.8) is 0 Å². The van der Waals surface area contributed by atoms with Crippen molar-refractivity contribution in [1.29, 1.82) is 0 Å². The third kappa shape index (κ3) is 6.84. The van der Waals surface area contributed by atoms with Crippen molar-refractivity contribution < 1.29 is 19.7 Å². The van der Waals surface area contributed by atoms with Crippen LogP contribution in [0.15, 0.2) is 30.5 Å². The molecule has 1 saturated heterocycles. The summed E-state index contributed by atoms with van der Waals surface area (Å²) in [5.41, 5.74) is 1.70. The first-order valence-electron chi connectivity index (χ1n) is 12.2. The number of aromatic nitrogens is 1. The second-order valence-electron chi connectivity index (χ2n) is 9.51. The molecule has 0 radical (unpaired) electrons. The van der Waals surface area contributed by atoms with E-state index in [4.69, 9.17) is 4.74 Å². The number of nitrogens with zero attached hydrogens (tertiary/aromatic N) is 2. The van der Waals surface area contributed by atoms with Gasteiger partial charge in [-0.15, -0.1) is 0 Å². The highest BCUT2D eigenvalue weighted by Gasteiger charge is 2.31. The molecule has 4 rings (SSSR count). The molecule has 7 heteroatoms. The molecule has 0 amide bonds. The van der Waals surface area contributed by atoms with Crippen molar-refractivity contribution in [2.45, 2.75) is 56.3 Å². The van der Waals surface area contributed by atoms with Crippen LogP contribution in [-0.2, 0) is 4.79 Å². The number of pyridine rings is 1. The normalized spacial score (nSPS) is 22.4. The van der Waals surface area contributed by atoms with Crippen molar-refractivity contribution in [3.8, 4) is 5.75 Å². The van der Waals surface area contributed by atoms with E-state index in [1.165, 1.54) is 25.0 Å². The van der Waals surface area contributed by atoms with Gasteiger partial charge in [-0.2, -0.15) is 11.8 Å². The van der Waals surface area contributed by atoms with Gasteiger partial charge in [-0.05, 0) is 99.0 Å². The molecule has 180 valence electrons. The Labute approximate surface area is 200 Å². The summed E-state index contributed by atoms with van der Waals surface area (Å²) in [7, 11) is 1.63. The molecule has 2 N–H and O–H groups in total. The first kappa shape index (κ1) is 24.3. The third-order valence-electron chi connectivity index (χ3n) is 7.06. The fourth-order valence-electron chi connectivity index (χ4n) is 5.06. The summed E-state index contributed by atoms with van der Waals surface area (Å²) >= 11 is 2.09. The molecule has 1 aromatic heterocycles. The van der Waals surface area contributed by atoms with Crippen LogP contribution in [0, 0.1) is 11.8 Å². The van der Waals surface area contributed by atoms with Gasteiger partial charge in [-0.25, -0.2) is 0 Å². The first-order valence-corrected chi connectivity index (χ1v) is 13.2. The number of piperidine rings is 1. The van der Waals surface area contributed by atoms with Crippen LogP contribution < -0.4 is 4.74 Å². The molecule has 1 saturated carbocycles. The van der Waals surface area contributed by atoms with E-state index < -0.39 is 12.1 Å². The zero-order chi connectivity index (χ0) is 23.2. The Morgan fingerprint density at radius 2 is 2.12 bits per heavy atom. The summed E-state index contributed by atoms with van der Waals surface area (Å²) < 4.78 is 5.35. The zero-order valence-electron chi connectivity index (χ0n) is 19.5. The van der Waals surface area contributed by atoms with E-state index in [-0.39, 0.29) is 12.3 Å². The van der Waals surface area contributed by atoms with Crippen molar-refractivity contribution in [2.24, 2.45) is 11.8 Å². The Morgan fingerprint density at radius 1 is 1.27 bits per heavy atom. The Hall–Kier alpha value is -1.83. The van der Waals surface area contributed by atoms with E-state index in [1.54, 1.807) is 13.3 Å². The summed E-state index contributed by atoms with van der Waals surface area (Å²) in [5, 5.41) is 22.3. The lowest BCUT2D eigenvalue weighted by atomic mass is 9.79. The standard InChI is InChI=1S/C26H36N2O4S/c1-32-20-4-7-24-23(16-20)22(9-11-27-24)25(29)8-3-18-10-13-28(17-19(18)15-26(30)31)12-2-14-33-21-5-6-21/h4,7,9,11,16,18-19,21,25,29H,2-3,5-6,8,10,12-15,17H2,1H3,(H,30,31)/t18-,19+,25+/m1/s1. The minimum Gasteiger partial charge on any atom is -0.497 e. The van der Waals surface area contributed by atoms with Crippen LogP contribution in [0.25, 0.3) is 10.9 Å². The molecule has 1 aliphatic heterocycles. The highest BCUT2D eigenvalue weighted by Crippen LogP contribution is 2.36. The second kappa shape index (κ2) is 11.5. The van der Waals surface area contributed by atoms with E-state index in [0.717, 1.165) is 59.9 Å². The Kier molecular flexibility index (Phi) is 8.50. The molecule has 2 aromatic rings. The molecule has 0 bridgehead atoms. The number of likely N-dealkylation sites (tertiary alicyclic amines) is 1. The molecule has 1 aliphatic carbocycles. The zero-order valence-corrected chi connectivity index (χ0v) is 20.3. The molecule has 3 atom stereocenters. The van der Waals surface area contributed by atoms with Crippen LogP contribution in [-0.4, -0.2) is 63.8 Å². The van der Waals surface area contributed by atoms with Crippen molar-refractivity contribution in [3.05, 3.63) is 36.0 Å². The van der Waals surface area contributed by atoms with Gasteiger partial charge in [0.15, 0.2) is 0 Å². The van der Waals surface area contributed by atoms with Gasteiger partial charge in [-0.3, -0.25) is 9.78 Å². The number of aliphatic carboxylic acids is 1. The minimum atomic E-state index is -0.719.